The quantitative estimate of drug-likeness (QED) is 0.710. The van der Waals surface area contributed by atoms with Crippen molar-refractivity contribution in [1.82, 2.24) is 25.1 Å². The van der Waals surface area contributed by atoms with Crippen molar-refractivity contribution in [2.24, 2.45) is 0 Å². The lowest BCUT2D eigenvalue weighted by atomic mass is 10.1. The number of hydrogen-bond donors (Lipinski definition) is 0. The maximum Gasteiger partial charge on any atom is 0.254 e. The Labute approximate surface area is 156 Å². The summed E-state index contributed by atoms with van der Waals surface area (Å²) in [6.45, 7) is 1.55. The van der Waals surface area contributed by atoms with Gasteiger partial charge in [-0.15, -0.1) is 15.0 Å². The molecule has 3 aromatic rings. The van der Waals surface area contributed by atoms with Gasteiger partial charge in [-0.25, -0.2) is 0 Å². The van der Waals surface area contributed by atoms with Crippen LogP contribution in [-0.4, -0.2) is 44.1 Å². The molecule has 1 fully saturated rings. The maximum atomic E-state index is 13.1. The van der Waals surface area contributed by atoms with Gasteiger partial charge in [0, 0.05) is 23.7 Å². The van der Waals surface area contributed by atoms with Crippen LogP contribution in [-0.2, 0) is 4.79 Å². The number of halogens is 1. The van der Waals surface area contributed by atoms with E-state index in [1.807, 2.05) is 47.4 Å². The first-order valence-electron chi connectivity index (χ1n) is 8.61. The molecule has 0 spiro atoms. The minimum atomic E-state index is -0.616. The third-order valence-electron chi connectivity index (χ3n) is 4.51. The van der Waals surface area contributed by atoms with Crippen LogP contribution in [0.15, 0.2) is 54.6 Å². The zero-order valence-electron chi connectivity index (χ0n) is 14.1. The molecule has 0 saturated carbocycles. The third kappa shape index (κ3) is 3.32. The Kier molecular flexibility index (Phi) is 4.67. The predicted molar refractivity (Wildman–Crippen MR) is 98.7 cm³/mol. The average molecular weight is 368 g/mol. The number of nitrogens with zero attached hydrogens (tertiary/aromatic N) is 5. The van der Waals surface area contributed by atoms with Crippen LogP contribution in [0.1, 0.15) is 24.4 Å². The van der Waals surface area contributed by atoms with Crippen molar-refractivity contribution in [2.45, 2.75) is 18.9 Å². The Morgan fingerprint density at radius 1 is 1.04 bits per heavy atom. The van der Waals surface area contributed by atoms with E-state index in [9.17, 15) is 4.79 Å². The molecule has 1 aromatic heterocycles. The SMILES string of the molecule is O=C([C@@H](c1ccccc1)n1nnc(-c2cccc(Cl)c2)n1)N1CCCC1. The van der Waals surface area contributed by atoms with Crippen LogP contribution in [0, 0.1) is 0 Å². The monoisotopic (exact) mass is 367 g/mol. The van der Waals surface area contributed by atoms with Crippen LogP contribution in [0.3, 0.4) is 0 Å². The number of amides is 1. The molecule has 0 aliphatic carbocycles. The normalized spacial score (nSPS) is 15.2. The molecule has 0 unspecified atom stereocenters. The highest BCUT2D eigenvalue weighted by Gasteiger charge is 2.31. The van der Waals surface area contributed by atoms with E-state index in [1.54, 1.807) is 12.1 Å². The second kappa shape index (κ2) is 7.25. The Hall–Kier alpha value is -2.73. The summed E-state index contributed by atoms with van der Waals surface area (Å²) in [5, 5.41) is 13.4. The first-order chi connectivity index (χ1) is 12.7. The van der Waals surface area contributed by atoms with Crippen molar-refractivity contribution in [3.05, 3.63) is 65.2 Å². The van der Waals surface area contributed by atoms with Gasteiger partial charge in [0.05, 0.1) is 0 Å². The van der Waals surface area contributed by atoms with E-state index in [1.165, 1.54) is 4.80 Å². The minimum Gasteiger partial charge on any atom is -0.340 e. The molecule has 1 aliphatic heterocycles. The first kappa shape index (κ1) is 16.7. The van der Waals surface area contributed by atoms with E-state index in [0.717, 1.165) is 37.1 Å². The van der Waals surface area contributed by atoms with Gasteiger partial charge in [-0.2, -0.15) is 0 Å². The molecule has 26 heavy (non-hydrogen) atoms. The van der Waals surface area contributed by atoms with Gasteiger partial charge in [0.15, 0.2) is 6.04 Å². The molecule has 2 heterocycles. The van der Waals surface area contributed by atoms with Gasteiger partial charge in [-0.3, -0.25) is 4.79 Å². The number of benzene rings is 2. The molecule has 1 atom stereocenters. The highest BCUT2D eigenvalue weighted by Crippen LogP contribution is 2.24. The fourth-order valence-corrected chi connectivity index (χ4v) is 3.39. The molecule has 4 rings (SSSR count). The molecule has 1 saturated heterocycles. The highest BCUT2D eigenvalue weighted by molar-refractivity contribution is 6.30. The highest BCUT2D eigenvalue weighted by atomic mass is 35.5. The molecule has 6 nitrogen and oxygen atoms in total. The van der Waals surface area contributed by atoms with E-state index in [-0.39, 0.29) is 5.91 Å². The Balaban J connectivity index is 1.71. The van der Waals surface area contributed by atoms with Gasteiger partial charge >= 0.3 is 0 Å². The molecular formula is C19H18ClN5O. The van der Waals surface area contributed by atoms with Crippen molar-refractivity contribution in [3.8, 4) is 11.4 Å². The fourth-order valence-electron chi connectivity index (χ4n) is 3.20. The summed E-state index contributed by atoms with van der Waals surface area (Å²) in [4.78, 5) is 16.4. The molecular weight excluding hydrogens is 350 g/mol. The van der Waals surface area contributed by atoms with Gasteiger partial charge in [-0.1, -0.05) is 54.1 Å². The van der Waals surface area contributed by atoms with Gasteiger partial charge < -0.3 is 4.90 Å². The van der Waals surface area contributed by atoms with E-state index in [2.05, 4.69) is 15.4 Å². The Bertz CT molecular complexity index is 905. The topological polar surface area (TPSA) is 63.9 Å². The largest absolute Gasteiger partial charge is 0.340 e. The molecule has 0 N–H and O–H groups in total. The van der Waals surface area contributed by atoms with Crippen molar-refractivity contribution < 1.29 is 4.79 Å². The van der Waals surface area contributed by atoms with Gasteiger partial charge in [0.25, 0.3) is 5.91 Å². The van der Waals surface area contributed by atoms with Crippen LogP contribution in [0.2, 0.25) is 5.02 Å². The van der Waals surface area contributed by atoms with Crippen molar-refractivity contribution >= 4 is 17.5 Å². The van der Waals surface area contributed by atoms with E-state index >= 15 is 0 Å². The summed E-state index contributed by atoms with van der Waals surface area (Å²) >= 11 is 6.05. The lowest BCUT2D eigenvalue weighted by Gasteiger charge is -2.22. The number of hydrogen-bond acceptors (Lipinski definition) is 4. The van der Waals surface area contributed by atoms with E-state index in [0.29, 0.717) is 10.8 Å². The smallest absolute Gasteiger partial charge is 0.254 e. The summed E-state index contributed by atoms with van der Waals surface area (Å²) in [5.74, 6) is 0.450. The minimum absolute atomic E-state index is 0.00347. The van der Waals surface area contributed by atoms with Gasteiger partial charge in [0.2, 0.25) is 5.82 Å². The molecule has 132 valence electrons. The first-order valence-corrected chi connectivity index (χ1v) is 8.99. The Morgan fingerprint density at radius 2 is 1.81 bits per heavy atom. The molecule has 0 radical (unpaired) electrons. The summed E-state index contributed by atoms with van der Waals surface area (Å²) in [5.41, 5.74) is 1.61. The molecule has 2 aromatic carbocycles. The number of rotatable bonds is 4. The number of carbonyl (C=O) groups excluding carboxylic acids is 1. The van der Waals surface area contributed by atoms with Crippen molar-refractivity contribution in [3.63, 3.8) is 0 Å². The van der Waals surface area contributed by atoms with Crippen LogP contribution in [0.5, 0.6) is 0 Å². The van der Waals surface area contributed by atoms with E-state index < -0.39 is 6.04 Å². The van der Waals surface area contributed by atoms with Crippen LogP contribution in [0.25, 0.3) is 11.4 Å². The molecule has 1 amide bonds. The second-order valence-corrected chi connectivity index (χ2v) is 6.73. The molecule has 0 bridgehead atoms. The van der Waals surface area contributed by atoms with Crippen LogP contribution in [0.4, 0.5) is 0 Å². The standard InChI is InChI=1S/C19H18ClN5O/c20-16-10-6-9-15(13-16)18-21-23-25(22-18)17(14-7-2-1-3-8-14)19(26)24-11-4-5-12-24/h1-3,6-10,13,17H,4-5,11-12H2/t17-/m1/s1. The predicted octanol–water partition coefficient (Wildman–Crippen LogP) is 3.21. The Morgan fingerprint density at radius 3 is 2.54 bits per heavy atom. The van der Waals surface area contributed by atoms with E-state index in [4.69, 9.17) is 11.6 Å². The summed E-state index contributed by atoms with van der Waals surface area (Å²) in [7, 11) is 0. The van der Waals surface area contributed by atoms with Crippen molar-refractivity contribution in [1.29, 1.82) is 0 Å². The number of aromatic nitrogens is 4. The third-order valence-corrected chi connectivity index (χ3v) is 4.74. The lowest BCUT2D eigenvalue weighted by Crippen LogP contribution is -2.36. The maximum absolute atomic E-state index is 13.1. The van der Waals surface area contributed by atoms with Crippen molar-refractivity contribution in [2.75, 3.05) is 13.1 Å². The zero-order valence-corrected chi connectivity index (χ0v) is 14.9. The van der Waals surface area contributed by atoms with Gasteiger partial charge in [0.1, 0.15) is 0 Å². The fraction of sp³-hybridized carbons (Fsp3) is 0.263. The molecule has 1 aliphatic rings. The number of likely N-dealkylation sites (tertiary alicyclic amines) is 1. The van der Waals surface area contributed by atoms with Crippen LogP contribution < -0.4 is 0 Å². The molecule has 7 heteroatoms. The number of tetrazole rings is 1. The lowest BCUT2D eigenvalue weighted by molar-refractivity contribution is -0.133. The number of carbonyl (C=O) groups is 1. The summed E-state index contributed by atoms with van der Waals surface area (Å²) < 4.78 is 0. The zero-order chi connectivity index (χ0) is 17.9. The van der Waals surface area contributed by atoms with Crippen LogP contribution >= 0.6 is 11.6 Å². The average Bonchev–Trinajstić information content (AvgIpc) is 3.35. The summed E-state index contributed by atoms with van der Waals surface area (Å²) in [6.07, 6.45) is 2.07. The summed E-state index contributed by atoms with van der Waals surface area (Å²) in [6, 6.07) is 16.2. The van der Waals surface area contributed by atoms with Gasteiger partial charge in [-0.05, 0) is 35.8 Å². The second-order valence-electron chi connectivity index (χ2n) is 6.29.